The van der Waals surface area contributed by atoms with Gasteiger partial charge in [-0.25, -0.2) is 15.0 Å². The molecule has 0 aliphatic rings. The molecule has 0 spiro atoms. The second-order valence-electron chi connectivity index (χ2n) is 3.51. The fourth-order valence-corrected chi connectivity index (χ4v) is 1.64. The van der Waals surface area contributed by atoms with Crippen LogP contribution in [-0.4, -0.2) is 31.4 Å². The lowest BCUT2D eigenvalue weighted by Gasteiger charge is -2.08. The number of carbonyl (C=O) groups excluding carboxylic acids is 2. The number of amides is 2. The number of carbonyl (C=O) groups is 2. The Morgan fingerprint density at radius 1 is 1.50 bits per heavy atom. The smallest absolute Gasteiger partial charge is 0.344 e. The quantitative estimate of drug-likeness (QED) is 0.462. The van der Waals surface area contributed by atoms with E-state index in [9.17, 15) is 9.59 Å². The predicted molar refractivity (Wildman–Crippen MR) is 76.6 cm³/mol. The van der Waals surface area contributed by atoms with Crippen molar-refractivity contribution in [2.24, 2.45) is 10.8 Å². The first-order valence-electron chi connectivity index (χ1n) is 5.69. The number of primary amides is 1. The average Bonchev–Trinajstić information content (AvgIpc) is 2.37. The number of esters is 1. The number of hydrogen-bond acceptors (Lipinski definition) is 5. The number of nitrogens with two attached hydrogens (primary N) is 1. The van der Waals surface area contributed by atoms with Crippen LogP contribution in [0.3, 0.4) is 0 Å². The molecule has 3 N–H and O–H groups in total. The molecule has 0 saturated carbocycles. The van der Waals surface area contributed by atoms with E-state index in [0.29, 0.717) is 17.9 Å². The molecule has 2 amide bonds. The molecular weight excluding hydrogens is 330 g/mol. The number of rotatable bonds is 6. The maximum atomic E-state index is 11.2. The molecule has 0 atom stereocenters. The number of nitrogens with zero attached hydrogens (tertiary/aromatic N) is 1. The molecule has 8 heteroatoms. The third-order valence-electron chi connectivity index (χ3n) is 2.00. The highest BCUT2D eigenvalue weighted by Crippen LogP contribution is 2.21. The lowest BCUT2D eigenvalue weighted by atomic mass is 10.2. The molecule has 0 unspecified atom stereocenters. The molecule has 0 saturated heterocycles. The number of ether oxygens (including phenoxy) is 2. The van der Waals surface area contributed by atoms with Crippen molar-refractivity contribution >= 4 is 34.1 Å². The van der Waals surface area contributed by atoms with Crippen LogP contribution in [0.4, 0.5) is 4.79 Å². The van der Waals surface area contributed by atoms with E-state index >= 15 is 0 Å². The summed E-state index contributed by atoms with van der Waals surface area (Å²) in [5.41, 5.74) is 7.53. The number of urea groups is 1. The van der Waals surface area contributed by atoms with E-state index in [0.717, 1.165) is 4.47 Å². The molecule has 1 rings (SSSR count). The summed E-state index contributed by atoms with van der Waals surface area (Å²) >= 11 is 3.30. The summed E-state index contributed by atoms with van der Waals surface area (Å²) < 4.78 is 10.9. The highest BCUT2D eigenvalue weighted by Gasteiger charge is 2.07. The summed E-state index contributed by atoms with van der Waals surface area (Å²) in [5.74, 6) is -0.0372. The normalized spacial score (nSPS) is 10.3. The van der Waals surface area contributed by atoms with Gasteiger partial charge in [0.2, 0.25) is 0 Å². The first-order chi connectivity index (χ1) is 9.52. The van der Waals surface area contributed by atoms with Crippen LogP contribution in [-0.2, 0) is 9.53 Å². The predicted octanol–water partition coefficient (Wildman–Crippen LogP) is 1.39. The van der Waals surface area contributed by atoms with Gasteiger partial charge in [0.05, 0.1) is 12.8 Å². The van der Waals surface area contributed by atoms with E-state index in [-0.39, 0.29) is 6.61 Å². The zero-order valence-electron chi connectivity index (χ0n) is 10.8. The Bertz CT molecular complexity index is 519. The number of hydrazone groups is 1. The van der Waals surface area contributed by atoms with Gasteiger partial charge in [0.25, 0.3) is 0 Å². The van der Waals surface area contributed by atoms with Crippen molar-refractivity contribution in [2.75, 3.05) is 13.2 Å². The SMILES string of the molecule is CCOC(=O)COc1ccc(Br)cc1/C=N/NC(N)=O. The molecule has 20 heavy (non-hydrogen) atoms. The Labute approximate surface area is 124 Å². The molecule has 0 heterocycles. The van der Waals surface area contributed by atoms with Gasteiger partial charge in [-0.15, -0.1) is 0 Å². The van der Waals surface area contributed by atoms with E-state index in [4.69, 9.17) is 15.2 Å². The van der Waals surface area contributed by atoms with Crippen LogP contribution in [0.2, 0.25) is 0 Å². The maximum absolute atomic E-state index is 11.2. The van der Waals surface area contributed by atoms with Crippen molar-refractivity contribution in [3.8, 4) is 5.75 Å². The molecule has 0 aromatic heterocycles. The van der Waals surface area contributed by atoms with Crippen molar-refractivity contribution in [1.82, 2.24) is 5.43 Å². The number of benzene rings is 1. The summed E-state index contributed by atoms with van der Waals surface area (Å²) in [4.78, 5) is 21.8. The van der Waals surface area contributed by atoms with Crippen LogP contribution in [0.25, 0.3) is 0 Å². The van der Waals surface area contributed by atoms with Gasteiger partial charge in [0.15, 0.2) is 6.61 Å². The van der Waals surface area contributed by atoms with E-state index in [2.05, 4.69) is 26.5 Å². The van der Waals surface area contributed by atoms with Crippen LogP contribution in [0.15, 0.2) is 27.8 Å². The Morgan fingerprint density at radius 2 is 2.25 bits per heavy atom. The average molecular weight is 344 g/mol. The lowest BCUT2D eigenvalue weighted by molar-refractivity contribution is -0.145. The summed E-state index contributed by atoms with van der Waals surface area (Å²) in [6.45, 7) is 1.80. The van der Waals surface area contributed by atoms with Crippen molar-refractivity contribution < 1.29 is 19.1 Å². The van der Waals surface area contributed by atoms with Gasteiger partial charge in [0.1, 0.15) is 5.75 Å². The van der Waals surface area contributed by atoms with Crippen LogP contribution in [0, 0.1) is 0 Å². The minimum Gasteiger partial charge on any atom is -0.481 e. The lowest BCUT2D eigenvalue weighted by Crippen LogP contribution is -2.24. The fourth-order valence-electron chi connectivity index (χ4n) is 1.26. The molecule has 108 valence electrons. The highest BCUT2D eigenvalue weighted by molar-refractivity contribution is 9.10. The second-order valence-corrected chi connectivity index (χ2v) is 4.43. The maximum Gasteiger partial charge on any atom is 0.344 e. The molecule has 0 bridgehead atoms. The summed E-state index contributed by atoms with van der Waals surface area (Å²) in [5, 5.41) is 3.64. The molecular formula is C12H14BrN3O4. The second kappa shape index (κ2) is 8.16. The van der Waals surface area contributed by atoms with Crippen molar-refractivity contribution in [1.29, 1.82) is 0 Å². The zero-order chi connectivity index (χ0) is 15.0. The van der Waals surface area contributed by atoms with E-state index in [1.165, 1.54) is 6.21 Å². The van der Waals surface area contributed by atoms with Gasteiger partial charge < -0.3 is 15.2 Å². The first-order valence-corrected chi connectivity index (χ1v) is 6.48. The van der Waals surface area contributed by atoms with Crippen molar-refractivity contribution in [2.45, 2.75) is 6.92 Å². The van der Waals surface area contributed by atoms with Gasteiger partial charge in [0, 0.05) is 10.0 Å². The van der Waals surface area contributed by atoms with E-state index in [1.54, 1.807) is 25.1 Å². The molecule has 0 aliphatic carbocycles. The standard InChI is InChI=1S/C12H14BrN3O4/c1-2-19-11(17)7-20-10-4-3-9(13)5-8(10)6-15-16-12(14)18/h3-6H,2,7H2,1H3,(H3,14,16,18)/b15-6+. The fraction of sp³-hybridized carbons (Fsp3) is 0.250. The Hall–Kier alpha value is -2.09. The van der Waals surface area contributed by atoms with Crippen LogP contribution in [0.5, 0.6) is 5.75 Å². The molecule has 1 aromatic carbocycles. The number of hydrogen-bond donors (Lipinski definition) is 2. The zero-order valence-corrected chi connectivity index (χ0v) is 12.3. The minimum absolute atomic E-state index is 0.209. The highest BCUT2D eigenvalue weighted by atomic mass is 79.9. The van der Waals surface area contributed by atoms with Crippen LogP contribution >= 0.6 is 15.9 Å². The number of halogens is 1. The minimum atomic E-state index is -0.773. The summed E-state index contributed by atoms with van der Waals surface area (Å²) in [7, 11) is 0. The Kier molecular flexibility index (Phi) is 6.51. The third kappa shape index (κ3) is 5.70. The van der Waals surface area contributed by atoms with E-state index in [1.807, 2.05) is 0 Å². The molecule has 1 aromatic rings. The first kappa shape index (κ1) is 16.0. The molecule has 0 radical (unpaired) electrons. The molecule has 0 aliphatic heterocycles. The summed E-state index contributed by atoms with van der Waals surface area (Å²) in [6, 6.07) is 4.35. The third-order valence-corrected chi connectivity index (χ3v) is 2.49. The Morgan fingerprint density at radius 3 is 2.90 bits per heavy atom. The van der Waals surface area contributed by atoms with E-state index < -0.39 is 12.0 Å². The number of nitrogens with one attached hydrogen (secondary N) is 1. The van der Waals surface area contributed by atoms with Crippen molar-refractivity contribution in [3.05, 3.63) is 28.2 Å². The van der Waals surface area contributed by atoms with Gasteiger partial charge >= 0.3 is 12.0 Å². The topological polar surface area (TPSA) is 103 Å². The molecule has 0 fully saturated rings. The van der Waals surface area contributed by atoms with Gasteiger partial charge in [-0.3, -0.25) is 0 Å². The van der Waals surface area contributed by atoms with Gasteiger partial charge in [-0.05, 0) is 25.1 Å². The van der Waals surface area contributed by atoms with Gasteiger partial charge in [-0.2, -0.15) is 5.10 Å². The van der Waals surface area contributed by atoms with Crippen LogP contribution in [0.1, 0.15) is 12.5 Å². The largest absolute Gasteiger partial charge is 0.481 e. The summed E-state index contributed by atoms with van der Waals surface area (Å²) in [6.07, 6.45) is 1.36. The Balaban J connectivity index is 2.76. The van der Waals surface area contributed by atoms with Crippen molar-refractivity contribution in [3.63, 3.8) is 0 Å². The monoisotopic (exact) mass is 343 g/mol. The molecule has 7 nitrogen and oxygen atoms in total. The van der Waals surface area contributed by atoms with Gasteiger partial charge in [-0.1, -0.05) is 15.9 Å². The van der Waals surface area contributed by atoms with Crippen LogP contribution < -0.4 is 15.9 Å².